The topological polar surface area (TPSA) is 98.7 Å². The minimum Gasteiger partial charge on any atom is -0.507 e. The maximum atomic E-state index is 12.9. The Balaban J connectivity index is 1.72. The second-order valence-electron chi connectivity index (χ2n) is 8.52. The lowest BCUT2D eigenvalue weighted by molar-refractivity contribution is 0.0457. The van der Waals surface area contributed by atoms with E-state index in [0.717, 1.165) is 5.56 Å². The van der Waals surface area contributed by atoms with E-state index in [-0.39, 0.29) is 35.3 Å². The van der Waals surface area contributed by atoms with Gasteiger partial charge in [-0.1, -0.05) is 45.9 Å². The minimum absolute atomic E-state index is 0.0494. The highest BCUT2D eigenvalue weighted by Gasteiger charge is 2.22. The number of carbonyl (C=O) groups excluding carboxylic acids is 1. The second-order valence-corrected chi connectivity index (χ2v) is 8.52. The van der Waals surface area contributed by atoms with E-state index in [0.29, 0.717) is 28.1 Å². The van der Waals surface area contributed by atoms with Crippen molar-refractivity contribution in [2.75, 3.05) is 0 Å². The van der Waals surface area contributed by atoms with Crippen LogP contribution in [0.2, 0.25) is 0 Å². The summed E-state index contributed by atoms with van der Waals surface area (Å²) in [5, 5.41) is 19.5. The third-order valence-electron chi connectivity index (χ3n) is 5.70. The molecule has 0 saturated carbocycles. The quantitative estimate of drug-likeness (QED) is 0.479. The van der Waals surface area contributed by atoms with Crippen molar-refractivity contribution in [2.24, 2.45) is 7.05 Å². The molecule has 4 aromatic rings. The van der Waals surface area contributed by atoms with Gasteiger partial charge in [0.15, 0.2) is 12.4 Å². The number of ether oxygens (including phenoxy) is 1. The molecule has 2 aromatic carbocycles. The number of rotatable bonds is 5. The first-order chi connectivity index (χ1) is 15.2. The van der Waals surface area contributed by atoms with Gasteiger partial charge in [0.2, 0.25) is 5.78 Å². The molecular formula is C24H26N4O4. The number of carbonyl (C=O) groups is 1. The van der Waals surface area contributed by atoms with Gasteiger partial charge in [0.25, 0.3) is 5.56 Å². The van der Waals surface area contributed by atoms with Gasteiger partial charge in [-0.05, 0) is 41.2 Å². The average Bonchev–Trinajstić information content (AvgIpc) is 3.20. The molecule has 8 nitrogen and oxygen atoms in total. The van der Waals surface area contributed by atoms with Crippen molar-refractivity contribution >= 4 is 22.6 Å². The summed E-state index contributed by atoms with van der Waals surface area (Å²) in [5.41, 5.74) is 2.24. The van der Waals surface area contributed by atoms with E-state index in [1.54, 1.807) is 35.7 Å². The molecule has 8 heteroatoms. The van der Waals surface area contributed by atoms with Gasteiger partial charge in [-0.15, -0.1) is 10.2 Å². The Morgan fingerprint density at radius 2 is 1.81 bits per heavy atom. The summed E-state index contributed by atoms with van der Waals surface area (Å²) in [6.07, 6.45) is 0. The third kappa shape index (κ3) is 3.51. The van der Waals surface area contributed by atoms with E-state index in [1.165, 1.54) is 4.57 Å². The maximum absolute atomic E-state index is 12.9. The average molecular weight is 434 g/mol. The molecule has 0 aliphatic heterocycles. The number of phenolic OH excluding ortho intramolecular Hbond substituents is 1. The van der Waals surface area contributed by atoms with E-state index in [1.807, 2.05) is 39.8 Å². The highest BCUT2D eigenvalue weighted by Crippen LogP contribution is 2.33. The third-order valence-corrected chi connectivity index (χ3v) is 5.70. The zero-order valence-corrected chi connectivity index (χ0v) is 18.8. The Morgan fingerprint density at radius 1 is 1.09 bits per heavy atom. The number of nitrogens with zero attached hydrogens (tertiary/aromatic N) is 4. The minimum atomic E-state index is -0.641. The molecule has 166 valence electrons. The zero-order chi connectivity index (χ0) is 23.2. The number of esters is 1. The highest BCUT2D eigenvalue weighted by atomic mass is 16.5. The molecule has 0 fully saturated rings. The normalized spacial score (nSPS) is 11.7. The summed E-state index contributed by atoms with van der Waals surface area (Å²) in [4.78, 5) is 25.5. The van der Waals surface area contributed by atoms with Gasteiger partial charge in [0.1, 0.15) is 11.3 Å². The van der Waals surface area contributed by atoms with Crippen LogP contribution < -0.4 is 5.56 Å². The van der Waals surface area contributed by atoms with Gasteiger partial charge in [0, 0.05) is 7.05 Å². The molecule has 2 aromatic heterocycles. The van der Waals surface area contributed by atoms with E-state index >= 15 is 0 Å². The number of fused-ring (bicyclic) bond motifs is 3. The Bertz CT molecular complexity index is 1400. The number of aromatic hydroxyl groups is 1. The molecule has 4 rings (SSSR count). The van der Waals surface area contributed by atoms with E-state index in [9.17, 15) is 14.7 Å². The van der Waals surface area contributed by atoms with Crippen molar-refractivity contribution in [2.45, 2.75) is 46.1 Å². The standard InChI is InChI=1S/C24H26N4O4/c1-13(2)15-10-17(14(3)4)21(29)18(11-15)23(31)32-12-20-25-26-24-27(5)22(30)16-8-6-7-9-19(16)28(20)24/h6-11,13-14,29H,12H2,1-5H3. The van der Waals surface area contributed by atoms with Crippen molar-refractivity contribution in [1.29, 1.82) is 0 Å². The van der Waals surface area contributed by atoms with Crippen LogP contribution in [0.4, 0.5) is 0 Å². The molecule has 0 radical (unpaired) electrons. The lowest BCUT2D eigenvalue weighted by Crippen LogP contribution is -2.20. The van der Waals surface area contributed by atoms with Crippen LogP contribution in [0.3, 0.4) is 0 Å². The van der Waals surface area contributed by atoms with Gasteiger partial charge in [-0.3, -0.25) is 13.8 Å². The Kier molecular flexibility index (Phi) is 5.46. The maximum Gasteiger partial charge on any atom is 0.342 e. The van der Waals surface area contributed by atoms with E-state index < -0.39 is 5.97 Å². The SMILES string of the molecule is CC(C)c1cc(C(=O)OCc2nnc3n(C)c(=O)c4ccccc4n23)c(O)c(C(C)C)c1. The van der Waals surface area contributed by atoms with Crippen molar-refractivity contribution in [3.8, 4) is 5.75 Å². The number of aromatic nitrogens is 4. The lowest BCUT2D eigenvalue weighted by atomic mass is 9.92. The summed E-state index contributed by atoms with van der Waals surface area (Å²) in [7, 11) is 1.62. The second kappa shape index (κ2) is 8.11. The molecule has 0 saturated heterocycles. The van der Waals surface area contributed by atoms with Crippen molar-refractivity contribution < 1.29 is 14.6 Å². The van der Waals surface area contributed by atoms with Crippen LogP contribution in [-0.2, 0) is 18.4 Å². The number of phenols is 1. The van der Waals surface area contributed by atoms with Crippen molar-refractivity contribution in [3.05, 3.63) is 69.3 Å². The fourth-order valence-corrected chi connectivity index (χ4v) is 3.80. The number of para-hydroxylation sites is 1. The molecule has 32 heavy (non-hydrogen) atoms. The largest absolute Gasteiger partial charge is 0.507 e. The smallest absolute Gasteiger partial charge is 0.342 e. The predicted molar refractivity (Wildman–Crippen MR) is 121 cm³/mol. The van der Waals surface area contributed by atoms with Crippen LogP contribution in [0.5, 0.6) is 5.75 Å². The summed E-state index contributed by atoms with van der Waals surface area (Å²) in [6, 6.07) is 10.7. The van der Waals surface area contributed by atoms with Crippen LogP contribution in [-0.4, -0.2) is 30.2 Å². The fourth-order valence-electron chi connectivity index (χ4n) is 3.80. The Labute approximate surface area is 185 Å². The van der Waals surface area contributed by atoms with Crippen LogP contribution in [0.15, 0.2) is 41.2 Å². The molecule has 0 atom stereocenters. The first-order valence-corrected chi connectivity index (χ1v) is 10.6. The highest BCUT2D eigenvalue weighted by molar-refractivity contribution is 5.93. The predicted octanol–water partition coefficient (Wildman–Crippen LogP) is 3.89. The van der Waals surface area contributed by atoms with Crippen LogP contribution in [0.1, 0.15) is 66.8 Å². The Morgan fingerprint density at radius 3 is 2.50 bits per heavy atom. The van der Waals surface area contributed by atoms with Gasteiger partial charge in [-0.2, -0.15) is 0 Å². The Hall–Kier alpha value is -3.68. The monoisotopic (exact) mass is 434 g/mol. The molecule has 0 amide bonds. The lowest BCUT2D eigenvalue weighted by Gasteiger charge is -2.16. The first-order valence-electron chi connectivity index (χ1n) is 10.6. The molecule has 2 heterocycles. The van der Waals surface area contributed by atoms with E-state index in [4.69, 9.17) is 4.74 Å². The molecular weight excluding hydrogens is 408 g/mol. The van der Waals surface area contributed by atoms with Gasteiger partial charge >= 0.3 is 5.97 Å². The van der Waals surface area contributed by atoms with Crippen LogP contribution in [0, 0.1) is 0 Å². The molecule has 0 spiro atoms. The molecule has 0 unspecified atom stereocenters. The number of aryl methyl sites for hydroxylation is 1. The van der Waals surface area contributed by atoms with Crippen molar-refractivity contribution in [3.63, 3.8) is 0 Å². The van der Waals surface area contributed by atoms with Crippen LogP contribution >= 0.6 is 0 Å². The molecule has 0 aliphatic rings. The first kappa shape index (κ1) is 21.5. The molecule has 0 aliphatic carbocycles. The van der Waals surface area contributed by atoms with Gasteiger partial charge in [-0.25, -0.2) is 4.79 Å². The molecule has 0 bridgehead atoms. The van der Waals surface area contributed by atoms with Crippen LogP contribution in [0.25, 0.3) is 16.7 Å². The molecule has 1 N–H and O–H groups in total. The van der Waals surface area contributed by atoms with Gasteiger partial charge < -0.3 is 9.84 Å². The summed E-state index contributed by atoms with van der Waals surface area (Å²) in [5.74, 6) is 0.266. The number of benzene rings is 2. The zero-order valence-electron chi connectivity index (χ0n) is 18.8. The number of hydrogen-bond donors (Lipinski definition) is 1. The van der Waals surface area contributed by atoms with E-state index in [2.05, 4.69) is 10.2 Å². The van der Waals surface area contributed by atoms with Crippen molar-refractivity contribution in [1.82, 2.24) is 19.2 Å². The number of hydrogen-bond acceptors (Lipinski definition) is 6. The summed E-state index contributed by atoms with van der Waals surface area (Å²) < 4.78 is 8.65. The summed E-state index contributed by atoms with van der Waals surface area (Å²) >= 11 is 0. The van der Waals surface area contributed by atoms with Gasteiger partial charge in [0.05, 0.1) is 10.9 Å². The summed E-state index contributed by atoms with van der Waals surface area (Å²) in [6.45, 7) is 7.83. The fraction of sp³-hybridized carbons (Fsp3) is 0.333.